The summed E-state index contributed by atoms with van der Waals surface area (Å²) in [5.74, 6) is -0.286. The van der Waals surface area contributed by atoms with Gasteiger partial charge in [-0.3, -0.25) is 9.69 Å². The van der Waals surface area contributed by atoms with Crippen molar-refractivity contribution in [2.24, 2.45) is 5.73 Å². The Morgan fingerprint density at radius 2 is 2.26 bits per heavy atom. The molecule has 0 aliphatic carbocycles. The zero-order valence-electron chi connectivity index (χ0n) is 13.0. The number of amides is 1. The lowest BCUT2D eigenvalue weighted by Gasteiger charge is -2.24. The maximum absolute atomic E-state index is 11.0. The van der Waals surface area contributed by atoms with Gasteiger partial charge in [0, 0.05) is 29.9 Å². The molecule has 2 N–H and O–H groups in total. The molecule has 0 bridgehead atoms. The molecule has 1 aromatic heterocycles. The quantitative estimate of drug-likeness (QED) is 0.936. The molecule has 0 spiro atoms. The van der Waals surface area contributed by atoms with Gasteiger partial charge in [-0.05, 0) is 36.6 Å². The lowest BCUT2D eigenvalue weighted by Crippen LogP contribution is -2.36. The Kier molecular flexibility index (Phi) is 4.50. The summed E-state index contributed by atoms with van der Waals surface area (Å²) in [5.41, 5.74) is 9.58. The van der Waals surface area contributed by atoms with E-state index in [2.05, 4.69) is 11.2 Å². The van der Waals surface area contributed by atoms with E-state index in [1.165, 1.54) is 5.57 Å². The Morgan fingerprint density at radius 3 is 2.96 bits per heavy atom. The van der Waals surface area contributed by atoms with E-state index < -0.39 is 0 Å². The molecule has 0 radical (unpaired) electrons. The molecule has 1 aromatic carbocycles. The summed E-state index contributed by atoms with van der Waals surface area (Å²) in [4.78, 5) is 13.0. The van der Waals surface area contributed by atoms with Crippen molar-refractivity contribution in [2.75, 3.05) is 19.6 Å². The van der Waals surface area contributed by atoms with Crippen molar-refractivity contribution in [3.8, 4) is 5.69 Å². The smallest absolute Gasteiger partial charge is 0.231 e. The van der Waals surface area contributed by atoms with Gasteiger partial charge in [0.25, 0.3) is 0 Å². The van der Waals surface area contributed by atoms with Crippen LogP contribution in [0.5, 0.6) is 0 Å². The van der Waals surface area contributed by atoms with Crippen LogP contribution in [0.4, 0.5) is 0 Å². The molecule has 1 amide bonds. The maximum Gasteiger partial charge on any atom is 0.231 e. The van der Waals surface area contributed by atoms with Crippen LogP contribution in [0.25, 0.3) is 11.3 Å². The first-order valence-corrected chi connectivity index (χ1v) is 7.92. The molecular formula is C17H19ClN4O. The molecule has 1 aliphatic heterocycles. The van der Waals surface area contributed by atoms with E-state index in [9.17, 15) is 4.79 Å². The van der Waals surface area contributed by atoms with Crippen molar-refractivity contribution >= 4 is 23.1 Å². The van der Waals surface area contributed by atoms with Gasteiger partial charge in [0.15, 0.2) is 0 Å². The van der Waals surface area contributed by atoms with Gasteiger partial charge in [-0.2, -0.15) is 5.10 Å². The third-order valence-corrected chi connectivity index (χ3v) is 4.52. The minimum atomic E-state index is -0.286. The van der Waals surface area contributed by atoms with E-state index in [1.54, 1.807) is 0 Å². The Hall–Kier alpha value is -2.11. The SMILES string of the molecule is Cc1c(Cl)cccc1-n1cc(C2=CCN(CC(N)=O)CC2)cn1. The highest BCUT2D eigenvalue weighted by Gasteiger charge is 2.16. The normalized spacial score (nSPS) is 15.5. The molecule has 2 heterocycles. The monoisotopic (exact) mass is 330 g/mol. The fourth-order valence-corrected chi connectivity index (χ4v) is 2.97. The van der Waals surface area contributed by atoms with Gasteiger partial charge in [-0.1, -0.05) is 23.7 Å². The number of carbonyl (C=O) groups is 1. The van der Waals surface area contributed by atoms with E-state index >= 15 is 0 Å². The van der Waals surface area contributed by atoms with Crippen LogP contribution in [-0.4, -0.2) is 40.2 Å². The van der Waals surface area contributed by atoms with E-state index in [1.807, 2.05) is 47.1 Å². The number of hydrogen-bond donors (Lipinski definition) is 1. The molecule has 1 aliphatic rings. The molecule has 120 valence electrons. The molecule has 0 unspecified atom stereocenters. The first-order chi connectivity index (χ1) is 11.0. The molecule has 0 saturated carbocycles. The van der Waals surface area contributed by atoms with Crippen molar-refractivity contribution in [1.29, 1.82) is 0 Å². The van der Waals surface area contributed by atoms with Crippen LogP contribution in [0.1, 0.15) is 17.5 Å². The zero-order valence-corrected chi connectivity index (χ0v) is 13.8. The van der Waals surface area contributed by atoms with Crippen molar-refractivity contribution in [2.45, 2.75) is 13.3 Å². The van der Waals surface area contributed by atoms with Crippen molar-refractivity contribution < 1.29 is 4.79 Å². The molecule has 23 heavy (non-hydrogen) atoms. The van der Waals surface area contributed by atoms with Gasteiger partial charge >= 0.3 is 0 Å². The lowest BCUT2D eigenvalue weighted by atomic mass is 10.0. The lowest BCUT2D eigenvalue weighted by molar-refractivity contribution is -0.119. The third-order valence-electron chi connectivity index (χ3n) is 4.11. The minimum Gasteiger partial charge on any atom is -0.369 e. The van der Waals surface area contributed by atoms with Gasteiger partial charge in [0.1, 0.15) is 0 Å². The number of hydrogen-bond acceptors (Lipinski definition) is 3. The van der Waals surface area contributed by atoms with Crippen LogP contribution in [-0.2, 0) is 4.79 Å². The summed E-state index contributed by atoms with van der Waals surface area (Å²) in [7, 11) is 0. The molecular weight excluding hydrogens is 312 g/mol. The van der Waals surface area contributed by atoms with Crippen LogP contribution in [0.2, 0.25) is 5.02 Å². The van der Waals surface area contributed by atoms with Gasteiger partial charge < -0.3 is 5.73 Å². The fraction of sp³-hybridized carbons (Fsp3) is 0.294. The number of carbonyl (C=O) groups excluding carboxylic acids is 1. The Bertz CT molecular complexity index is 766. The number of aromatic nitrogens is 2. The summed E-state index contributed by atoms with van der Waals surface area (Å²) in [6, 6.07) is 5.80. The maximum atomic E-state index is 11.0. The topological polar surface area (TPSA) is 64.2 Å². The molecule has 0 saturated heterocycles. The third kappa shape index (κ3) is 3.46. The Balaban J connectivity index is 1.79. The van der Waals surface area contributed by atoms with Gasteiger partial charge in [-0.15, -0.1) is 0 Å². The van der Waals surface area contributed by atoms with Crippen molar-refractivity contribution in [1.82, 2.24) is 14.7 Å². The van der Waals surface area contributed by atoms with Gasteiger partial charge in [0.05, 0.1) is 18.4 Å². The van der Waals surface area contributed by atoms with Crippen LogP contribution >= 0.6 is 11.6 Å². The summed E-state index contributed by atoms with van der Waals surface area (Å²) in [6.07, 6.45) is 6.91. The number of halogens is 1. The van der Waals surface area contributed by atoms with Crippen LogP contribution < -0.4 is 5.73 Å². The second kappa shape index (κ2) is 6.56. The largest absolute Gasteiger partial charge is 0.369 e. The predicted molar refractivity (Wildman–Crippen MR) is 91.5 cm³/mol. The highest BCUT2D eigenvalue weighted by molar-refractivity contribution is 6.31. The minimum absolute atomic E-state index is 0.286. The molecule has 3 rings (SSSR count). The number of primary amides is 1. The van der Waals surface area contributed by atoms with Crippen molar-refractivity contribution in [3.05, 3.63) is 52.8 Å². The number of benzene rings is 1. The van der Waals surface area contributed by atoms with E-state index in [-0.39, 0.29) is 5.91 Å². The van der Waals surface area contributed by atoms with E-state index in [0.717, 1.165) is 41.3 Å². The van der Waals surface area contributed by atoms with Crippen LogP contribution in [0.3, 0.4) is 0 Å². The predicted octanol–water partition coefficient (Wildman–Crippen LogP) is 2.41. The summed E-state index contributed by atoms with van der Waals surface area (Å²) < 4.78 is 1.85. The molecule has 5 nitrogen and oxygen atoms in total. The Labute approximate surface area is 140 Å². The highest BCUT2D eigenvalue weighted by atomic mass is 35.5. The second-order valence-electron chi connectivity index (χ2n) is 5.74. The summed E-state index contributed by atoms with van der Waals surface area (Å²) >= 11 is 6.18. The average Bonchev–Trinajstić information content (AvgIpc) is 3.00. The first kappa shape index (κ1) is 15.8. The van der Waals surface area contributed by atoms with E-state index in [0.29, 0.717) is 6.54 Å². The molecule has 6 heteroatoms. The van der Waals surface area contributed by atoms with Gasteiger partial charge in [-0.25, -0.2) is 4.68 Å². The first-order valence-electron chi connectivity index (χ1n) is 7.55. The van der Waals surface area contributed by atoms with Gasteiger partial charge in [0.2, 0.25) is 5.91 Å². The van der Waals surface area contributed by atoms with Crippen molar-refractivity contribution in [3.63, 3.8) is 0 Å². The standard InChI is InChI=1S/C17H19ClN4O/c1-12-15(18)3-2-4-16(12)22-10-14(9-20-22)13-5-7-21(8-6-13)11-17(19)23/h2-5,9-10H,6-8,11H2,1H3,(H2,19,23). The molecule has 0 fully saturated rings. The van der Waals surface area contributed by atoms with E-state index in [4.69, 9.17) is 17.3 Å². The highest BCUT2D eigenvalue weighted by Crippen LogP contribution is 2.25. The average molecular weight is 331 g/mol. The second-order valence-corrected chi connectivity index (χ2v) is 6.15. The van der Waals surface area contributed by atoms with Crippen LogP contribution in [0.15, 0.2) is 36.7 Å². The number of nitrogens with zero attached hydrogens (tertiary/aromatic N) is 3. The molecule has 2 aromatic rings. The zero-order chi connectivity index (χ0) is 16.4. The number of rotatable bonds is 4. The summed E-state index contributed by atoms with van der Waals surface area (Å²) in [5, 5.41) is 5.20. The fourth-order valence-electron chi connectivity index (χ4n) is 2.80. The Morgan fingerprint density at radius 1 is 1.43 bits per heavy atom. The van der Waals surface area contributed by atoms with Crippen LogP contribution in [0, 0.1) is 6.92 Å². The number of nitrogens with two attached hydrogens (primary N) is 1. The molecule has 0 atom stereocenters. The summed E-state index contributed by atoms with van der Waals surface area (Å²) in [6.45, 7) is 3.86.